The topological polar surface area (TPSA) is 101 Å². The van der Waals surface area contributed by atoms with E-state index in [9.17, 15) is 8.42 Å². The fraction of sp³-hybridized carbons (Fsp3) is 0.250. The minimum absolute atomic E-state index is 0.0445. The molecule has 0 atom stereocenters. The molecule has 19 heavy (non-hydrogen) atoms. The number of H-pyrrole nitrogens is 1. The van der Waals surface area contributed by atoms with Crippen molar-refractivity contribution in [3.8, 4) is 0 Å². The van der Waals surface area contributed by atoms with Crippen molar-refractivity contribution < 1.29 is 8.42 Å². The lowest BCUT2D eigenvalue weighted by atomic mass is 10.2. The van der Waals surface area contributed by atoms with Gasteiger partial charge in [0, 0.05) is 18.7 Å². The third-order valence-corrected chi connectivity index (χ3v) is 4.19. The Balaban J connectivity index is 1.99. The number of aromatic nitrogens is 2. The normalized spacial score (nSPS) is 11.6. The van der Waals surface area contributed by atoms with E-state index in [0.717, 1.165) is 5.56 Å². The van der Waals surface area contributed by atoms with Crippen molar-refractivity contribution >= 4 is 10.0 Å². The number of aromatic amines is 1. The monoisotopic (exact) mass is 280 g/mol. The standard InChI is InChI=1S/C12H16N4O2S/c13-8-11-9-14-16-12(11)19(17,18)15-7-6-10-4-2-1-3-5-10/h1-5,9,15H,6-8,13H2,(H,14,16). The summed E-state index contributed by atoms with van der Waals surface area (Å²) in [6.45, 7) is 0.459. The van der Waals surface area contributed by atoms with Crippen molar-refractivity contribution in [2.24, 2.45) is 5.73 Å². The number of hydrogen-bond donors (Lipinski definition) is 3. The Hall–Kier alpha value is -1.70. The van der Waals surface area contributed by atoms with Crippen LogP contribution in [0.3, 0.4) is 0 Å². The van der Waals surface area contributed by atoms with Gasteiger partial charge in [0.2, 0.25) is 0 Å². The van der Waals surface area contributed by atoms with Crippen molar-refractivity contribution in [1.82, 2.24) is 14.9 Å². The van der Waals surface area contributed by atoms with Crippen LogP contribution in [-0.2, 0) is 23.0 Å². The average molecular weight is 280 g/mol. The molecular formula is C12H16N4O2S. The van der Waals surface area contributed by atoms with Crippen LogP contribution in [0.15, 0.2) is 41.6 Å². The molecule has 1 heterocycles. The number of nitrogens with one attached hydrogen (secondary N) is 2. The lowest BCUT2D eigenvalue weighted by Gasteiger charge is -2.06. The fourth-order valence-electron chi connectivity index (χ4n) is 1.72. The van der Waals surface area contributed by atoms with Gasteiger partial charge >= 0.3 is 0 Å². The quantitative estimate of drug-likeness (QED) is 0.712. The highest BCUT2D eigenvalue weighted by Gasteiger charge is 2.19. The van der Waals surface area contributed by atoms with Gasteiger partial charge in [0.15, 0.2) is 5.03 Å². The second-order valence-corrected chi connectivity index (χ2v) is 5.77. The lowest BCUT2D eigenvalue weighted by Crippen LogP contribution is -2.27. The first-order valence-electron chi connectivity index (χ1n) is 5.89. The molecule has 102 valence electrons. The summed E-state index contributed by atoms with van der Waals surface area (Å²) in [6.07, 6.45) is 2.05. The molecule has 0 saturated carbocycles. The van der Waals surface area contributed by atoms with Crippen molar-refractivity contribution in [2.75, 3.05) is 6.54 Å². The molecule has 0 spiro atoms. The first-order valence-corrected chi connectivity index (χ1v) is 7.37. The van der Waals surface area contributed by atoms with Crippen LogP contribution in [-0.4, -0.2) is 25.2 Å². The van der Waals surface area contributed by atoms with Crippen molar-refractivity contribution in [3.05, 3.63) is 47.7 Å². The van der Waals surface area contributed by atoms with Gasteiger partial charge in [0.25, 0.3) is 10.0 Å². The van der Waals surface area contributed by atoms with E-state index in [2.05, 4.69) is 14.9 Å². The molecule has 2 rings (SSSR count). The van der Waals surface area contributed by atoms with Gasteiger partial charge in [-0.3, -0.25) is 5.10 Å². The van der Waals surface area contributed by atoms with E-state index in [1.165, 1.54) is 6.20 Å². The molecule has 0 aliphatic heterocycles. The van der Waals surface area contributed by atoms with Crippen LogP contribution in [0.4, 0.5) is 0 Å². The van der Waals surface area contributed by atoms with E-state index in [1.54, 1.807) is 0 Å². The van der Waals surface area contributed by atoms with Crippen LogP contribution in [0.2, 0.25) is 0 Å². The second-order valence-electron chi connectivity index (χ2n) is 4.06. The molecule has 0 radical (unpaired) electrons. The Morgan fingerprint density at radius 1 is 1.26 bits per heavy atom. The zero-order valence-corrected chi connectivity index (χ0v) is 11.2. The minimum atomic E-state index is -3.58. The molecular weight excluding hydrogens is 264 g/mol. The molecule has 4 N–H and O–H groups in total. The highest BCUT2D eigenvalue weighted by Crippen LogP contribution is 2.10. The van der Waals surface area contributed by atoms with Gasteiger partial charge in [0.1, 0.15) is 0 Å². The van der Waals surface area contributed by atoms with Gasteiger partial charge in [-0.05, 0) is 12.0 Å². The van der Waals surface area contributed by atoms with E-state index in [1.807, 2.05) is 30.3 Å². The SMILES string of the molecule is NCc1cn[nH]c1S(=O)(=O)NCCc1ccccc1. The van der Waals surface area contributed by atoms with Crippen LogP contribution in [0.5, 0.6) is 0 Å². The molecule has 1 aromatic heterocycles. The molecule has 0 aliphatic rings. The van der Waals surface area contributed by atoms with Gasteiger partial charge in [-0.15, -0.1) is 0 Å². The molecule has 7 heteroatoms. The average Bonchev–Trinajstić information content (AvgIpc) is 2.89. The zero-order chi connectivity index (χ0) is 13.7. The van der Waals surface area contributed by atoms with Crippen LogP contribution >= 0.6 is 0 Å². The number of benzene rings is 1. The van der Waals surface area contributed by atoms with Gasteiger partial charge in [-0.25, -0.2) is 13.1 Å². The number of rotatable bonds is 6. The lowest BCUT2D eigenvalue weighted by molar-refractivity contribution is 0.576. The van der Waals surface area contributed by atoms with Gasteiger partial charge < -0.3 is 5.73 Å². The largest absolute Gasteiger partial charge is 0.326 e. The Morgan fingerprint density at radius 2 is 2.00 bits per heavy atom. The number of sulfonamides is 1. The minimum Gasteiger partial charge on any atom is -0.326 e. The molecule has 0 saturated heterocycles. The third kappa shape index (κ3) is 3.40. The third-order valence-electron chi connectivity index (χ3n) is 2.72. The van der Waals surface area contributed by atoms with E-state index >= 15 is 0 Å². The molecule has 1 aromatic carbocycles. The van der Waals surface area contributed by atoms with Crippen molar-refractivity contribution in [1.29, 1.82) is 0 Å². The Kier molecular flexibility index (Phi) is 4.31. The first kappa shape index (κ1) is 13.7. The summed E-state index contributed by atoms with van der Waals surface area (Å²) in [4.78, 5) is 0. The number of hydrogen-bond acceptors (Lipinski definition) is 4. The molecule has 0 bridgehead atoms. The molecule has 6 nitrogen and oxygen atoms in total. The predicted octanol–water partition coefficient (Wildman–Crippen LogP) is 0.389. The van der Waals surface area contributed by atoms with Gasteiger partial charge in [0.05, 0.1) is 6.20 Å². The highest BCUT2D eigenvalue weighted by atomic mass is 32.2. The first-order chi connectivity index (χ1) is 9.13. The van der Waals surface area contributed by atoms with Gasteiger partial charge in [-0.1, -0.05) is 30.3 Å². The summed E-state index contributed by atoms with van der Waals surface area (Å²) >= 11 is 0. The highest BCUT2D eigenvalue weighted by molar-refractivity contribution is 7.89. The number of nitrogens with zero attached hydrogens (tertiary/aromatic N) is 1. The van der Waals surface area contributed by atoms with Crippen molar-refractivity contribution in [2.45, 2.75) is 18.0 Å². The van der Waals surface area contributed by atoms with Crippen LogP contribution in [0, 0.1) is 0 Å². The summed E-state index contributed by atoms with van der Waals surface area (Å²) < 4.78 is 26.6. The summed E-state index contributed by atoms with van der Waals surface area (Å²) in [5.41, 5.74) is 7.02. The van der Waals surface area contributed by atoms with Crippen molar-refractivity contribution in [3.63, 3.8) is 0 Å². The summed E-state index contributed by atoms with van der Waals surface area (Å²) in [5, 5.41) is 6.21. The molecule has 2 aromatic rings. The summed E-state index contributed by atoms with van der Waals surface area (Å²) in [7, 11) is -3.58. The molecule has 0 aliphatic carbocycles. The van der Waals surface area contributed by atoms with E-state index in [0.29, 0.717) is 18.5 Å². The maximum atomic E-state index is 12.0. The van der Waals surface area contributed by atoms with Gasteiger partial charge in [-0.2, -0.15) is 5.10 Å². The van der Waals surface area contributed by atoms with E-state index in [-0.39, 0.29) is 11.6 Å². The Morgan fingerprint density at radius 3 is 2.68 bits per heavy atom. The Bertz CT molecular complexity index is 622. The van der Waals surface area contributed by atoms with E-state index < -0.39 is 10.0 Å². The molecule has 0 unspecified atom stereocenters. The zero-order valence-electron chi connectivity index (χ0n) is 10.3. The Labute approximate surface area is 112 Å². The smallest absolute Gasteiger partial charge is 0.257 e. The van der Waals surface area contributed by atoms with Crippen LogP contribution in [0.1, 0.15) is 11.1 Å². The summed E-state index contributed by atoms with van der Waals surface area (Å²) in [6, 6.07) is 9.67. The molecule has 0 amide bonds. The maximum Gasteiger partial charge on any atom is 0.257 e. The van der Waals surface area contributed by atoms with Crippen LogP contribution in [0.25, 0.3) is 0 Å². The fourth-order valence-corrected chi connectivity index (χ4v) is 2.89. The second kappa shape index (κ2) is 5.96. The molecule has 0 fully saturated rings. The summed E-state index contributed by atoms with van der Waals surface area (Å²) in [5.74, 6) is 0. The maximum absolute atomic E-state index is 12.0. The number of nitrogens with two attached hydrogens (primary N) is 1. The van der Waals surface area contributed by atoms with Crippen LogP contribution < -0.4 is 10.5 Å². The predicted molar refractivity (Wildman–Crippen MR) is 71.8 cm³/mol. The van der Waals surface area contributed by atoms with E-state index in [4.69, 9.17) is 5.73 Å².